The Balaban J connectivity index is 1.83. The van der Waals surface area contributed by atoms with Gasteiger partial charge in [0.15, 0.2) is 0 Å². The number of rotatable bonds is 3. The molecule has 1 aliphatic carbocycles. The zero-order valence-corrected chi connectivity index (χ0v) is 12.9. The van der Waals surface area contributed by atoms with Crippen molar-refractivity contribution < 1.29 is 13.2 Å². The van der Waals surface area contributed by atoms with Crippen molar-refractivity contribution in [3.63, 3.8) is 0 Å². The van der Waals surface area contributed by atoms with Crippen LogP contribution in [-0.2, 0) is 15.0 Å². The second-order valence-electron chi connectivity index (χ2n) is 6.10. The molecule has 2 aliphatic rings. The zero-order valence-electron chi connectivity index (χ0n) is 12.0. The van der Waals surface area contributed by atoms with Crippen LogP contribution in [0.2, 0.25) is 0 Å². The molecule has 1 heterocycles. The largest absolute Gasteiger partial charge is 0.353 e. The fourth-order valence-electron chi connectivity index (χ4n) is 3.20. The summed E-state index contributed by atoms with van der Waals surface area (Å²) in [5, 5.41) is 8.25. The van der Waals surface area contributed by atoms with E-state index in [0.29, 0.717) is 31.8 Å². The van der Waals surface area contributed by atoms with Gasteiger partial charge in [-0.3, -0.25) is 4.79 Å². The molecule has 1 aliphatic heterocycles. The zero-order chi connectivity index (χ0) is 14.8. The van der Waals surface area contributed by atoms with E-state index >= 15 is 0 Å². The average molecular weight is 303 g/mol. The lowest BCUT2D eigenvalue weighted by Gasteiger charge is -2.33. The third-order valence-corrected chi connectivity index (χ3v) is 5.71. The molecule has 2 rings (SSSR count). The van der Waals surface area contributed by atoms with Crippen LogP contribution < -0.4 is 10.5 Å². The second-order valence-corrected chi connectivity index (χ2v) is 7.64. The molecule has 1 saturated heterocycles. The van der Waals surface area contributed by atoms with Gasteiger partial charge in [0.1, 0.15) is 0 Å². The number of nitrogens with one attached hydrogen (secondary N) is 1. The molecule has 6 nitrogen and oxygen atoms in total. The van der Waals surface area contributed by atoms with Crippen molar-refractivity contribution in [2.24, 2.45) is 17.0 Å². The normalized spacial score (nSPS) is 30.1. The number of hydrogen-bond acceptors (Lipinski definition) is 3. The van der Waals surface area contributed by atoms with Gasteiger partial charge in [0, 0.05) is 25.0 Å². The lowest BCUT2D eigenvalue weighted by atomic mass is 9.85. The lowest BCUT2D eigenvalue weighted by Crippen LogP contribution is -2.48. The monoisotopic (exact) mass is 303 g/mol. The van der Waals surface area contributed by atoms with Crippen LogP contribution in [0.3, 0.4) is 0 Å². The van der Waals surface area contributed by atoms with Crippen molar-refractivity contribution >= 4 is 16.1 Å². The van der Waals surface area contributed by atoms with E-state index in [4.69, 9.17) is 5.14 Å². The molecule has 7 heteroatoms. The Labute approximate surface area is 121 Å². The maximum absolute atomic E-state index is 12.3. The summed E-state index contributed by atoms with van der Waals surface area (Å²) in [6.45, 7) is 2.88. The van der Waals surface area contributed by atoms with E-state index in [9.17, 15) is 13.2 Å². The number of piperidine rings is 1. The molecule has 0 aromatic heterocycles. The van der Waals surface area contributed by atoms with Crippen molar-refractivity contribution in [1.82, 2.24) is 9.62 Å². The highest BCUT2D eigenvalue weighted by Gasteiger charge is 2.31. The minimum absolute atomic E-state index is 0.0813. The first kappa shape index (κ1) is 15.7. The van der Waals surface area contributed by atoms with Crippen molar-refractivity contribution in [2.45, 2.75) is 51.5 Å². The van der Waals surface area contributed by atoms with Crippen molar-refractivity contribution in [2.75, 3.05) is 13.1 Å². The molecule has 0 spiro atoms. The molecule has 20 heavy (non-hydrogen) atoms. The van der Waals surface area contributed by atoms with Crippen molar-refractivity contribution in [3.05, 3.63) is 0 Å². The maximum Gasteiger partial charge on any atom is 0.276 e. The Morgan fingerprint density at radius 1 is 1.15 bits per heavy atom. The molecular formula is C13H25N3O3S. The predicted octanol–water partition coefficient (Wildman–Crippen LogP) is 0.597. The third-order valence-electron chi connectivity index (χ3n) is 4.62. The van der Waals surface area contributed by atoms with Crippen LogP contribution in [0.5, 0.6) is 0 Å². The number of carbonyl (C=O) groups is 1. The quantitative estimate of drug-likeness (QED) is 0.799. The van der Waals surface area contributed by atoms with Crippen LogP contribution in [-0.4, -0.2) is 37.8 Å². The molecule has 2 unspecified atom stereocenters. The van der Waals surface area contributed by atoms with Gasteiger partial charge in [-0.25, -0.2) is 5.14 Å². The molecule has 0 bridgehead atoms. The van der Waals surface area contributed by atoms with Gasteiger partial charge in [0.25, 0.3) is 10.2 Å². The van der Waals surface area contributed by atoms with Crippen LogP contribution >= 0.6 is 0 Å². The molecule has 116 valence electrons. The van der Waals surface area contributed by atoms with Gasteiger partial charge in [0.05, 0.1) is 0 Å². The summed E-state index contributed by atoms with van der Waals surface area (Å²) in [4.78, 5) is 12.3. The molecule has 1 amide bonds. The molecular weight excluding hydrogens is 278 g/mol. The summed E-state index contributed by atoms with van der Waals surface area (Å²) in [5.41, 5.74) is 0. The van der Waals surface area contributed by atoms with Crippen LogP contribution in [0.15, 0.2) is 0 Å². The van der Waals surface area contributed by atoms with Crippen LogP contribution in [0.1, 0.15) is 45.4 Å². The Morgan fingerprint density at radius 2 is 1.75 bits per heavy atom. The smallest absolute Gasteiger partial charge is 0.276 e. The van der Waals surface area contributed by atoms with E-state index in [2.05, 4.69) is 12.2 Å². The molecule has 1 saturated carbocycles. The number of amides is 1. The van der Waals surface area contributed by atoms with Gasteiger partial charge >= 0.3 is 0 Å². The first-order valence-electron chi connectivity index (χ1n) is 7.46. The highest BCUT2D eigenvalue weighted by atomic mass is 32.2. The average Bonchev–Trinajstić information content (AvgIpc) is 2.40. The number of carbonyl (C=O) groups excluding carboxylic acids is 1. The van der Waals surface area contributed by atoms with Gasteiger partial charge < -0.3 is 5.32 Å². The van der Waals surface area contributed by atoms with Gasteiger partial charge in [-0.2, -0.15) is 12.7 Å². The molecule has 3 N–H and O–H groups in total. The van der Waals surface area contributed by atoms with Crippen LogP contribution in [0.4, 0.5) is 0 Å². The Hall–Kier alpha value is -0.660. The summed E-state index contributed by atoms with van der Waals surface area (Å²) >= 11 is 0. The topological polar surface area (TPSA) is 92.5 Å². The van der Waals surface area contributed by atoms with Gasteiger partial charge in [-0.1, -0.05) is 19.8 Å². The maximum atomic E-state index is 12.3. The van der Waals surface area contributed by atoms with E-state index < -0.39 is 10.2 Å². The summed E-state index contributed by atoms with van der Waals surface area (Å²) in [6, 6.07) is 0.285. The Morgan fingerprint density at radius 3 is 2.30 bits per heavy atom. The van der Waals surface area contributed by atoms with Crippen LogP contribution in [0.25, 0.3) is 0 Å². The first-order valence-corrected chi connectivity index (χ1v) is 8.96. The number of nitrogens with two attached hydrogens (primary N) is 1. The van der Waals surface area contributed by atoms with E-state index in [1.165, 1.54) is 23.6 Å². The van der Waals surface area contributed by atoms with Gasteiger partial charge in [0.2, 0.25) is 5.91 Å². The van der Waals surface area contributed by atoms with Crippen molar-refractivity contribution in [1.29, 1.82) is 0 Å². The van der Waals surface area contributed by atoms with E-state index in [1.54, 1.807) is 0 Å². The SMILES string of the molecule is CC1CCCCC1NC(=O)C1CCN(S(N)(=O)=O)CC1. The second kappa shape index (κ2) is 6.41. The summed E-state index contributed by atoms with van der Waals surface area (Å²) in [6.07, 6.45) is 5.78. The highest BCUT2D eigenvalue weighted by molar-refractivity contribution is 7.86. The standard InChI is InChI=1S/C13H25N3O3S/c1-10-4-2-3-5-12(10)15-13(17)11-6-8-16(9-7-11)20(14,18)19/h10-12H,2-9H2,1H3,(H,15,17)(H2,14,18,19). The number of nitrogens with zero attached hydrogens (tertiary/aromatic N) is 1. The summed E-state index contributed by atoms with van der Waals surface area (Å²) in [7, 11) is -3.61. The lowest BCUT2D eigenvalue weighted by molar-refractivity contribution is -0.127. The van der Waals surface area contributed by atoms with E-state index in [0.717, 1.165) is 6.42 Å². The predicted molar refractivity (Wildman–Crippen MR) is 77.0 cm³/mol. The van der Waals surface area contributed by atoms with E-state index in [1.807, 2.05) is 0 Å². The minimum Gasteiger partial charge on any atom is -0.353 e. The molecule has 0 aromatic carbocycles. The van der Waals surface area contributed by atoms with E-state index in [-0.39, 0.29) is 17.9 Å². The number of hydrogen-bond donors (Lipinski definition) is 2. The summed E-state index contributed by atoms with van der Waals surface area (Å²) < 4.78 is 23.7. The van der Waals surface area contributed by atoms with Gasteiger partial charge in [-0.15, -0.1) is 0 Å². The fraction of sp³-hybridized carbons (Fsp3) is 0.923. The van der Waals surface area contributed by atoms with Crippen molar-refractivity contribution in [3.8, 4) is 0 Å². The minimum atomic E-state index is -3.61. The van der Waals surface area contributed by atoms with Crippen LogP contribution in [0, 0.1) is 11.8 Å². The Bertz CT molecular complexity index is 444. The molecule has 0 radical (unpaired) electrons. The summed E-state index contributed by atoms with van der Waals surface area (Å²) in [5.74, 6) is 0.539. The molecule has 2 atom stereocenters. The molecule has 0 aromatic rings. The fourth-order valence-corrected chi connectivity index (χ4v) is 3.92. The highest BCUT2D eigenvalue weighted by Crippen LogP contribution is 2.25. The third kappa shape index (κ3) is 3.93. The Kier molecular flexibility index (Phi) is 5.04. The van der Waals surface area contributed by atoms with Gasteiger partial charge in [-0.05, 0) is 31.6 Å². The molecule has 2 fully saturated rings. The first-order chi connectivity index (χ1) is 9.38.